The van der Waals surface area contributed by atoms with Crippen LogP contribution < -0.4 is 10.1 Å². The van der Waals surface area contributed by atoms with Crippen LogP contribution >= 0.6 is 0 Å². The van der Waals surface area contributed by atoms with Crippen LogP contribution in [0.2, 0.25) is 0 Å². The van der Waals surface area contributed by atoms with Gasteiger partial charge in [0.2, 0.25) is 5.95 Å². The van der Waals surface area contributed by atoms with Crippen molar-refractivity contribution < 1.29 is 23.4 Å². The number of rotatable bonds is 9. The van der Waals surface area contributed by atoms with Gasteiger partial charge in [0.1, 0.15) is 5.75 Å². The molecule has 8 nitrogen and oxygen atoms in total. The molecule has 2 aromatic heterocycles. The number of nitrogens with one attached hydrogen (secondary N) is 1. The molecule has 1 aliphatic heterocycles. The van der Waals surface area contributed by atoms with Gasteiger partial charge >= 0.3 is 12.6 Å². The zero-order valence-electron chi connectivity index (χ0n) is 18.4. The number of anilines is 2. The van der Waals surface area contributed by atoms with Gasteiger partial charge in [-0.15, -0.1) is 0 Å². The lowest BCUT2D eigenvalue weighted by Crippen LogP contribution is -2.37. The molecule has 0 amide bonds. The highest BCUT2D eigenvalue weighted by molar-refractivity contribution is 5.70. The molecule has 34 heavy (non-hydrogen) atoms. The first kappa shape index (κ1) is 23.5. The second-order valence-corrected chi connectivity index (χ2v) is 8.07. The van der Waals surface area contributed by atoms with Crippen LogP contribution in [0.4, 0.5) is 20.4 Å². The fourth-order valence-corrected chi connectivity index (χ4v) is 3.82. The number of ether oxygens (including phenoxy) is 1. The van der Waals surface area contributed by atoms with Crippen molar-refractivity contribution in [3.05, 3.63) is 60.7 Å². The Balaban J connectivity index is 1.27. The first-order valence-corrected chi connectivity index (χ1v) is 11.0. The number of carboxylic acid groups (broad SMARTS) is 1. The van der Waals surface area contributed by atoms with Crippen LogP contribution in [0.1, 0.15) is 18.5 Å². The molecule has 1 aromatic carbocycles. The number of likely N-dealkylation sites (tertiary alicyclic amines) is 1. The Morgan fingerprint density at radius 1 is 1.03 bits per heavy atom. The van der Waals surface area contributed by atoms with Gasteiger partial charge in [-0.2, -0.15) is 8.78 Å². The van der Waals surface area contributed by atoms with Gasteiger partial charge in [0.15, 0.2) is 0 Å². The van der Waals surface area contributed by atoms with E-state index < -0.39 is 12.6 Å². The summed E-state index contributed by atoms with van der Waals surface area (Å²) in [6.45, 7) is -0.396. The SMILES string of the molecule is O=C(O)C1CCN(CCc2ccc(Nc3ncc(-c4ccc(OC(F)F)cc4)cn3)cn2)CC1. The molecule has 0 unspecified atom stereocenters. The van der Waals surface area contributed by atoms with E-state index in [0.717, 1.165) is 48.6 Å². The van der Waals surface area contributed by atoms with Crippen LogP contribution in [-0.4, -0.2) is 57.2 Å². The number of carbonyl (C=O) groups is 1. The minimum Gasteiger partial charge on any atom is -0.481 e. The van der Waals surface area contributed by atoms with Gasteiger partial charge in [0.05, 0.1) is 17.8 Å². The minimum absolute atomic E-state index is 0.0941. The van der Waals surface area contributed by atoms with Crippen molar-refractivity contribution in [2.75, 3.05) is 25.0 Å². The summed E-state index contributed by atoms with van der Waals surface area (Å²) in [6, 6.07) is 10.1. The summed E-state index contributed by atoms with van der Waals surface area (Å²) in [6.07, 6.45) is 7.21. The zero-order chi connectivity index (χ0) is 23.9. The third-order valence-electron chi connectivity index (χ3n) is 5.77. The van der Waals surface area contributed by atoms with Crippen molar-refractivity contribution in [3.8, 4) is 16.9 Å². The number of alkyl halides is 2. The van der Waals surface area contributed by atoms with Crippen LogP contribution in [0, 0.1) is 5.92 Å². The molecular weight excluding hydrogens is 444 g/mol. The molecule has 2 N–H and O–H groups in total. The van der Waals surface area contributed by atoms with Gasteiger partial charge in [-0.1, -0.05) is 12.1 Å². The number of benzene rings is 1. The monoisotopic (exact) mass is 469 g/mol. The summed E-state index contributed by atoms with van der Waals surface area (Å²) < 4.78 is 28.9. The molecule has 1 aliphatic rings. The number of aliphatic carboxylic acids is 1. The average Bonchev–Trinajstić information content (AvgIpc) is 2.84. The Bertz CT molecular complexity index is 1070. The molecule has 0 radical (unpaired) electrons. The summed E-state index contributed by atoms with van der Waals surface area (Å²) in [5.74, 6) is -0.405. The van der Waals surface area contributed by atoms with Gasteiger partial charge in [0, 0.05) is 36.6 Å². The largest absolute Gasteiger partial charge is 0.481 e. The zero-order valence-corrected chi connectivity index (χ0v) is 18.4. The molecule has 0 spiro atoms. The maximum absolute atomic E-state index is 12.3. The van der Waals surface area contributed by atoms with Crippen molar-refractivity contribution in [2.45, 2.75) is 25.9 Å². The van der Waals surface area contributed by atoms with E-state index in [2.05, 4.69) is 29.9 Å². The number of nitrogens with zero attached hydrogens (tertiary/aromatic N) is 4. The van der Waals surface area contributed by atoms with E-state index in [1.54, 1.807) is 30.7 Å². The van der Waals surface area contributed by atoms with Crippen molar-refractivity contribution >= 4 is 17.6 Å². The van der Waals surface area contributed by atoms with Crippen molar-refractivity contribution in [1.82, 2.24) is 19.9 Å². The predicted molar refractivity (Wildman–Crippen MR) is 122 cm³/mol. The van der Waals surface area contributed by atoms with Crippen molar-refractivity contribution in [3.63, 3.8) is 0 Å². The highest BCUT2D eigenvalue weighted by atomic mass is 19.3. The highest BCUT2D eigenvalue weighted by Gasteiger charge is 2.24. The fraction of sp³-hybridized carbons (Fsp3) is 0.333. The Morgan fingerprint density at radius 3 is 2.32 bits per heavy atom. The van der Waals surface area contributed by atoms with Gasteiger partial charge in [-0.3, -0.25) is 9.78 Å². The van der Waals surface area contributed by atoms with Crippen LogP contribution in [0.3, 0.4) is 0 Å². The highest BCUT2D eigenvalue weighted by Crippen LogP contribution is 2.23. The number of pyridine rings is 1. The van der Waals surface area contributed by atoms with Crippen molar-refractivity contribution in [2.24, 2.45) is 5.92 Å². The third kappa shape index (κ3) is 6.44. The van der Waals surface area contributed by atoms with Crippen LogP contribution in [0.25, 0.3) is 11.1 Å². The van der Waals surface area contributed by atoms with E-state index in [1.807, 2.05) is 12.1 Å². The minimum atomic E-state index is -2.86. The van der Waals surface area contributed by atoms with Crippen LogP contribution in [0.5, 0.6) is 5.75 Å². The molecule has 1 saturated heterocycles. The first-order chi connectivity index (χ1) is 16.5. The number of halogens is 2. The second-order valence-electron chi connectivity index (χ2n) is 8.07. The molecule has 10 heteroatoms. The summed E-state index contributed by atoms with van der Waals surface area (Å²) in [4.78, 5) is 26.4. The summed E-state index contributed by atoms with van der Waals surface area (Å²) in [5, 5.41) is 12.2. The molecule has 0 aliphatic carbocycles. The van der Waals surface area contributed by atoms with E-state index in [1.165, 1.54) is 12.1 Å². The number of hydrogen-bond donors (Lipinski definition) is 2. The quantitative estimate of drug-likeness (QED) is 0.480. The smallest absolute Gasteiger partial charge is 0.387 e. The van der Waals surface area contributed by atoms with E-state index in [0.29, 0.717) is 18.8 Å². The standard InChI is InChI=1S/C24H25F2N5O3/c25-23(26)34-21-5-1-16(2-6-21)18-13-28-24(29-14-18)30-20-4-3-19(27-15-20)9-12-31-10-7-17(8-11-31)22(32)33/h1-6,13-15,17,23H,7-12H2,(H,32,33)(H,28,29,30). The molecule has 1 fully saturated rings. The molecule has 0 bridgehead atoms. The molecule has 0 saturated carbocycles. The first-order valence-electron chi connectivity index (χ1n) is 11.0. The Kier molecular flexibility index (Phi) is 7.58. The second kappa shape index (κ2) is 11.0. The maximum atomic E-state index is 12.3. The third-order valence-corrected chi connectivity index (χ3v) is 5.77. The Hall–Kier alpha value is -3.66. The number of hydrogen-bond acceptors (Lipinski definition) is 7. The fourth-order valence-electron chi connectivity index (χ4n) is 3.82. The normalized spacial score (nSPS) is 14.8. The van der Waals surface area contributed by atoms with Gasteiger partial charge < -0.3 is 20.1 Å². The molecule has 3 aromatic rings. The lowest BCUT2D eigenvalue weighted by molar-refractivity contribution is -0.143. The maximum Gasteiger partial charge on any atom is 0.387 e. The number of aromatic nitrogens is 3. The Labute approximate surface area is 195 Å². The van der Waals surface area contributed by atoms with E-state index in [-0.39, 0.29) is 11.7 Å². The summed E-state index contributed by atoms with van der Waals surface area (Å²) in [7, 11) is 0. The van der Waals surface area contributed by atoms with Crippen LogP contribution in [0.15, 0.2) is 55.0 Å². The van der Waals surface area contributed by atoms with Crippen molar-refractivity contribution in [1.29, 1.82) is 0 Å². The van der Waals surface area contributed by atoms with Gasteiger partial charge in [0.25, 0.3) is 0 Å². The number of carboxylic acids is 1. The molecule has 178 valence electrons. The molecular formula is C24H25F2N5O3. The van der Waals surface area contributed by atoms with E-state index in [9.17, 15) is 13.6 Å². The number of piperidine rings is 1. The van der Waals surface area contributed by atoms with Crippen LogP contribution in [-0.2, 0) is 11.2 Å². The molecule has 4 rings (SSSR count). The molecule has 0 atom stereocenters. The predicted octanol–water partition coefficient (Wildman–Crippen LogP) is 4.22. The lowest BCUT2D eigenvalue weighted by atomic mass is 9.97. The average molecular weight is 469 g/mol. The summed E-state index contributed by atoms with van der Waals surface area (Å²) >= 11 is 0. The molecule has 3 heterocycles. The van der Waals surface area contributed by atoms with Gasteiger partial charge in [-0.05, 0) is 55.8 Å². The Morgan fingerprint density at radius 2 is 1.74 bits per heavy atom. The van der Waals surface area contributed by atoms with Gasteiger partial charge in [-0.25, -0.2) is 9.97 Å². The van der Waals surface area contributed by atoms with E-state index >= 15 is 0 Å². The summed E-state index contributed by atoms with van der Waals surface area (Å²) in [5.41, 5.74) is 3.25. The lowest BCUT2D eigenvalue weighted by Gasteiger charge is -2.29. The topological polar surface area (TPSA) is 100 Å². The van der Waals surface area contributed by atoms with E-state index in [4.69, 9.17) is 5.11 Å².